The van der Waals surface area contributed by atoms with Crippen LogP contribution in [-0.4, -0.2) is 48.9 Å². The minimum Gasteiger partial charge on any atom is -0.382 e. The fraction of sp³-hybridized carbons (Fsp3) is 0.375. The van der Waals surface area contributed by atoms with Crippen molar-refractivity contribution in [3.8, 4) is 0 Å². The number of hydrogen-bond acceptors (Lipinski definition) is 5. The van der Waals surface area contributed by atoms with Gasteiger partial charge in [0.25, 0.3) is 5.91 Å². The summed E-state index contributed by atoms with van der Waals surface area (Å²) in [5, 5.41) is 9.86. The first kappa shape index (κ1) is 21.1. The van der Waals surface area contributed by atoms with Gasteiger partial charge in [-0.3, -0.25) is 9.59 Å². The molecule has 2 aliphatic rings. The molecule has 0 aromatic heterocycles. The summed E-state index contributed by atoms with van der Waals surface area (Å²) >= 11 is 0. The molecule has 1 fully saturated rings. The normalized spacial score (nSPS) is 21.1. The standard InChI is InChI=1S/C24H27N3O4/c28-23(25-16-19-12-7-13-30-19)21(14-17-8-3-1-4-9-17)26-24(29)22-15-20(27-31-22)18-10-5-2-6-11-18/h1-6,8-11,19,21-22H,7,12-16H2,(H,25,28)(H,26,29)/t19-,21+,22+/m1/s1. The van der Waals surface area contributed by atoms with Gasteiger partial charge in [0.1, 0.15) is 6.04 Å². The van der Waals surface area contributed by atoms with Crippen LogP contribution in [0, 0.1) is 0 Å². The quantitative estimate of drug-likeness (QED) is 0.684. The molecule has 2 N–H and O–H groups in total. The van der Waals surface area contributed by atoms with Crippen LogP contribution in [0.3, 0.4) is 0 Å². The molecule has 0 unspecified atom stereocenters. The topological polar surface area (TPSA) is 89.0 Å². The van der Waals surface area contributed by atoms with Crippen LogP contribution in [0.4, 0.5) is 0 Å². The third kappa shape index (κ3) is 5.70. The Balaban J connectivity index is 1.37. The molecule has 0 aliphatic carbocycles. The van der Waals surface area contributed by atoms with E-state index in [1.165, 1.54) is 0 Å². The number of carbonyl (C=O) groups is 2. The Bertz CT molecular complexity index is 911. The highest BCUT2D eigenvalue weighted by Gasteiger charge is 2.32. The zero-order chi connectivity index (χ0) is 21.5. The summed E-state index contributed by atoms with van der Waals surface area (Å²) in [4.78, 5) is 31.1. The zero-order valence-electron chi connectivity index (χ0n) is 17.3. The summed E-state index contributed by atoms with van der Waals surface area (Å²) in [6, 6.07) is 18.5. The van der Waals surface area contributed by atoms with Crippen LogP contribution in [0.15, 0.2) is 65.8 Å². The Hall–Kier alpha value is -3.19. The number of benzene rings is 2. The van der Waals surface area contributed by atoms with Gasteiger partial charge in [-0.15, -0.1) is 0 Å². The number of nitrogens with zero attached hydrogens (tertiary/aromatic N) is 1. The number of oxime groups is 1. The lowest BCUT2D eigenvalue weighted by atomic mass is 10.0. The van der Waals surface area contributed by atoms with E-state index in [-0.39, 0.29) is 17.9 Å². The van der Waals surface area contributed by atoms with Crippen molar-refractivity contribution >= 4 is 17.5 Å². The highest BCUT2D eigenvalue weighted by Crippen LogP contribution is 2.17. The van der Waals surface area contributed by atoms with Crippen molar-refractivity contribution in [3.05, 3.63) is 71.8 Å². The average molecular weight is 421 g/mol. The van der Waals surface area contributed by atoms with Crippen molar-refractivity contribution in [1.82, 2.24) is 10.6 Å². The lowest BCUT2D eigenvalue weighted by molar-refractivity contribution is -0.135. The molecular weight excluding hydrogens is 394 g/mol. The fourth-order valence-corrected chi connectivity index (χ4v) is 3.79. The summed E-state index contributed by atoms with van der Waals surface area (Å²) < 4.78 is 5.58. The second-order valence-corrected chi connectivity index (χ2v) is 7.83. The lowest BCUT2D eigenvalue weighted by Gasteiger charge is -2.21. The maximum Gasteiger partial charge on any atom is 0.265 e. The van der Waals surface area contributed by atoms with Crippen LogP contribution in [0.25, 0.3) is 0 Å². The summed E-state index contributed by atoms with van der Waals surface area (Å²) in [6.45, 7) is 1.18. The SMILES string of the molecule is O=C(NC[C@H]1CCCO1)[C@H](Cc1ccccc1)NC(=O)[C@@H]1CC(c2ccccc2)=NO1. The van der Waals surface area contributed by atoms with E-state index in [1.807, 2.05) is 60.7 Å². The first-order valence-electron chi connectivity index (χ1n) is 10.7. The second kappa shape index (κ2) is 10.2. The van der Waals surface area contributed by atoms with Crippen LogP contribution in [0.5, 0.6) is 0 Å². The Morgan fingerprint density at radius 1 is 1.06 bits per heavy atom. The molecular formula is C24H27N3O4. The lowest BCUT2D eigenvalue weighted by Crippen LogP contribution is -2.51. The third-order valence-corrected chi connectivity index (χ3v) is 5.51. The van der Waals surface area contributed by atoms with Crippen LogP contribution in [0.1, 0.15) is 30.4 Å². The van der Waals surface area contributed by atoms with Gasteiger partial charge in [0.2, 0.25) is 12.0 Å². The van der Waals surface area contributed by atoms with Gasteiger partial charge in [0.05, 0.1) is 11.8 Å². The van der Waals surface area contributed by atoms with E-state index in [0.717, 1.165) is 36.3 Å². The van der Waals surface area contributed by atoms with Crippen LogP contribution < -0.4 is 10.6 Å². The van der Waals surface area contributed by atoms with Gasteiger partial charge < -0.3 is 20.2 Å². The number of hydrogen-bond donors (Lipinski definition) is 2. The smallest absolute Gasteiger partial charge is 0.265 e. The molecule has 3 atom stereocenters. The van der Waals surface area contributed by atoms with Crippen LogP contribution in [-0.2, 0) is 25.6 Å². The summed E-state index contributed by atoms with van der Waals surface area (Å²) in [7, 11) is 0. The molecule has 7 heteroatoms. The number of amides is 2. The molecule has 31 heavy (non-hydrogen) atoms. The number of carbonyl (C=O) groups excluding carboxylic acids is 2. The molecule has 0 radical (unpaired) electrons. The van der Waals surface area contributed by atoms with Gasteiger partial charge in [-0.1, -0.05) is 65.8 Å². The minimum atomic E-state index is -0.751. The predicted octanol–water partition coefficient (Wildman–Crippen LogP) is 2.20. The number of ether oxygens (including phenoxy) is 1. The summed E-state index contributed by atoms with van der Waals surface area (Å²) in [5.41, 5.74) is 2.62. The van der Waals surface area contributed by atoms with E-state index >= 15 is 0 Å². The van der Waals surface area contributed by atoms with Crippen LogP contribution in [0.2, 0.25) is 0 Å². The molecule has 0 bridgehead atoms. The van der Waals surface area contributed by atoms with E-state index in [0.29, 0.717) is 19.4 Å². The summed E-state index contributed by atoms with van der Waals surface area (Å²) in [5.74, 6) is -0.572. The Morgan fingerprint density at radius 2 is 1.81 bits per heavy atom. The Morgan fingerprint density at radius 3 is 2.52 bits per heavy atom. The molecule has 0 spiro atoms. The fourth-order valence-electron chi connectivity index (χ4n) is 3.79. The second-order valence-electron chi connectivity index (χ2n) is 7.83. The van der Waals surface area contributed by atoms with Gasteiger partial charge >= 0.3 is 0 Å². The van der Waals surface area contributed by atoms with E-state index < -0.39 is 12.1 Å². The molecule has 4 rings (SSSR count). The first-order valence-corrected chi connectivity index (χ1v) is 10.7. The summed E-state index contributed by atoms with van der Waals surface area (Å²) in [6.07, 6.45) is 1.99. The molecule has 2 aliphatic heterocycles. The van der Waals surface area contributed by atoms with E-state index in [4.69, 9.17) is 9.57 Å². The van der Waals surface area contributed by atoms with E-state index in [1.54, 1.807) is 0 Å². The largest absolute Gasteiger partial charge is 0.382 e. The Labute approximate surface area is 181 Å². The maximum absolute atomic E-state index is 12.9. The number of rotatable bonds is 8. The molecule has 162 valence electrons. The minimum absolute atomic E-state index is 0.0389. The van der Waals surface area contributed by atoms with Gasteiger partial charge in [0.15, 0.2) is 0 Å². The van der Waals surface area contributed by atoms with Crippen molar-refractivity contribution in [2.75, 3.05) is 13.2 Å². The monoisotopic (exact) mass is 421 g/mol. The molecule has 2 aromatic rings. The van der Waals surface area contributed by atoms with Gasteiger partial charge in [-0.2, -0.15) is 0 Å². The van der Waals surface area contributed by atoms with Gasteiger partial charge in [-0.05, 0) is 24.0 Å². The number of nitrogens with one attached hydrogen (secondary N) is 2. The molecule has 2 amide bonds. The van der Waals surface area contributed by atoms with Crippen molar-refractivity contribution < 1.29 is 19.2 Å². The van der Waals surface area contributed by atoms with Gasteiger partial charge in [-0.25, -0.2) is 0 Å². The maximum atomic E-state index is 12.9. The highest BCUT2D eigenvalue weighted by atomic mass is 16.6. The molecule has 2 heterocycles. The van der Waals surface area contributed by atoms with Crippen molar-refractivity contribution in [1.29, 1.82) is 0 Å². The third-order valence-electron chi connectivity index (χ3n) is 5.51. The average Bonchev–Trinajstić information content (AvgIpc) is 3.51. The molecule has 0 saturated carbocycles. The van der Waals surface area contributed by atoms with Crippen molar-refractivity contribution in [2.24, 2.45) is 5.16 Å². The van der Waals surface area contributed by atoms with E-state index in [2.05, 4.69) is 15.8 Å². The first-order chi connectivity index (χ1) is 15.2. The van der Waals surface area contributed by atoms with Crippen LogP contribution >= 0.6 is 0 Å². The van der Waals surface area contributed by atoms with Crippen molar-refractivity contribution in [3.63, 3.8) is 0 Å². The molecule has 2 aromatic carbocycles. The molecule has 1 saturated heterocycles. The molecule has 7 nitrogen and oxygen atoms in total. The van der Waals surface area contributed by atoms with E-state index in [9.17, 15) is 9.59 Å². The highest BCUT2D eigenvalue weighted by molar-refractivity contribution is 6.04. The van der Waals surface area contributed by atoms with Crippen molar-refractivity contribution in [2.45, 2.75) is 43.9 Å². The van der Waals surface area contributed by atoms with Gasteiger partial charge in [0, 0.05) is 26.0 Å². The zero-order valence-corrected chi connectivity index (χ0v) is 17.3. The predicted molar refractivity (Wildman–Crippen MR) is 117 cm³/mol. The Kier molecular flexibility index (Phi) is 6.94.